The molecular weight excluding hydrogens is 408 g/mol. The molecule has 0 fully saturated rings. The Bertz CT molecular complexity index is 1360. The quantitative estimate of drug-likeness (QED) is 0.341. The predicted molar refractivity (Wildman–Crippen MR) is 130 cm³/mol. The van der Waals surface area contributed by atoms with E-state index in [9.17, 15) is 10.5 Å². The maximum absolute atomic E-state index is 10.1. The Morgan fingerprint density at radius 1 is 0.788 bits per heavy atom. The van der Waals surface area contributed by atoms with E-state index in [1.165, 1.54) is 0 Å². The van der Waals surface area contributed by atoms with Crippen LogP contribution in [0.25, 0.3) is 10.8 Å². The van der Waals surface area contributed by atoms with Gasteiger partial charge in [0.1, 0.15) is 12.1 Å². The van der Waals surface area contributed by atoms with E-state index in [0.717, 1.165) is 40.3 Å². The first-order valence-corrected chi connectivity index (χ1v) is 10.8. The van der Waals surface area contributed by atoms with Crippen molar-refractivity contribution < 1.29 is 9.47 Å². The van der Waals surface area contributed by atoms with Crippen LogP contribution in [0.1, 0.15) is 40.2 Å². The fourth-order valence-corrected chi connectivity index (χ4v) is 4.46. The van der Waals surface area contributed by atoms with Gasteiger partial charge in [-0.3, -0.25) is 0 Å². The van der Waals surface area contributed by atoms with Crippen LogP contribution in [0, 0.1) is 22.7 Å². The van der Waals surface area contributed by atoms with Gasteiger partial charge in [-0.2, -0.15) is 10.5 Å². The average molecular weight is 433 g/mol. The first-order valence-electron chi connectivity index (χ1n) is 10.8. The van der Waals surface area contributed by atoms with Crippen LogP contribution in [-0.4, -0.2) is 14.2 Å². The van der Waals surface area contributed by atoms with Crippen molar-refractivity contribution in [3.63, 3.8) is 0 Å². The molecule has 0 saturated heterocycles. The second kappa shape index (κ2) is 9.90. The average Bonchev–Trinajstić information content (AvgIpc) is 2.88. The van der Waals surface area contributed by atoms with Crippen molar-refractivity contribution >= 4 is 10.8 Å². The van der Waals surface area contributed by atoms with E-state index in [1.807, 2.05) is 66.7 Å². The SMILES string of the molecule is COc1ccc(CCC(c2ccccc2)c2c(C#N)c(C#N)cc3ccccc23)cc1OC. The Morgan fingerprint density at radius 3 is 2.21 bits per heavy atom. The highest BCUT2D eigenvalue weighted by molar-refractivity contribution is 5.90. The van der Waals surface area contributed by atoms with Gasteiger partial charge < -0.3 is 9.47 Å². The summed E-state index contributed by atoms with van der Waals surface area (Å²) in [7, 11) is 3.26. The number of aryl methyl sites for hydroxylation is 1. The number of nitriles is 2. The highest BCUT2D eigenvalue weighted by Crippen LogP contribution is 2.38. The zero-order valence-corrected chi connectivity index (χ0v) is 18.7. The summed E-state index contributed by atoms with van der Waals surface area (Å²) in [5, 5.41) is 21.8. The molecule has 0 heterocycles. The van der Waals surface area contributed by atoms with Gasteiger partial charge in [-0.15, -0.1) is 0 Å². The van der Waals surface area contributed by atoms with Crippen LogP contribution in [0.15, 0.2) is 78.9 Å². The second-order valence-corrected chi connectivity index (χ2v) is 7.85. The number of methoxy groups -OCH3 is 2. The standard InChI is InChI=1S/C29H24N2O2/c1-32-27-15-13-20(16-28(27)33-2)12-14-25(21-8-4-3-5-9-21)29-24-11-7-6-10-22(24)17-23(18-30)26(29)19-31/h3-11,13,15-17,25H,12,14H2,1-2H3. The molecule has 0 radical (unpaired) electrons. The summed E-state index contributed by atoms with van der Waals surface area (Å²) in [6, 6.07) is 30.5. The number of ether oxygens (including phenoxy) is 2. The summed E-state index contributed by atoms with van der Waals surface area (Å²) < 4.78 is 10.8. The summed E-state index contributed by atoms with van der Waals surface area (Å²) >= 11 is 0. The van der Waals surface area contributed by atoms with Gasteiger partial charge in [0.05, 0.1) is 25.3 Å². The van der Waals surface area contributed by atoms with Gasteiger partial charge in [-0.05, 0) is 58.5 Å². The van der Waals surface area contributed by atoms with Crippen LogP contribution < -0.4 is 9.47 Å². The van der Waals surface area contributed by atoms with Gasteiger partial charge in [0, 0.05) is 5.92 Å². The lowest BCUT2D eigenvalue weighted by Gasteiger charge is -2.22. The molecule has 0 aliphatic carbocycles. The lowest BCUT2D eigenvalue weighted by Crippen LogP contribution is -2.08. The minimum Gasteiger partial charge on any atom is -0.493 e. The van der Waals surface area contributed by atoms with E-state index in [1.54, 1.807) is 14.2 Å². The van der Waals surface area contributed by atoms with E-state index in [4.69, 9.17) is 9.47 Å². The van der Waals surface area contributed by atoms with Crippen LogP contribution in [0.2, 0.25) is 0 Å². The highest BCUT2D eigenvalue weighted by Gasteiger charge is 2.23. The van der Waals surface area contributed by atoms with Gasteiger partial charge >= 0.3 is 0 Å². The molecule has 0 bridgehead atoms. The molecule has 0 saturated carbocycles. The third-order valence-corrected chi connectivity index (χ3v) is 6.04. The van der Waals surface area contributed by atoms with Gasteiger partial charge in [0.2, 0.25) is 0 Å². The van der Waals surface area contributed by atoms with Crippen LogP contribution in [-0.2, 0) is 6.42 Å². The molecule has 0 spiro atoms. The van der Waals surface area contributed by atoms with E-state index in [0.29, 0.717) is 22.6 Å². The second-order valence-electron chi connectivity index (χ2n) is 7.85. The smallest absolute Gasteiger partial charge is 0.160 e. The highest BCUT2D eigenvalue weighted by atomic mass is 16.5. The van der Waals surface area contributed by atoms with Crippen LogP contribution >= 0.6 is 0 Å². The molecule has 1 atom stereocenters. The summed E-state index contributed by atoms with van der Waals surface area (Å²) in [5.41, 5.74) is 4.02. The summed E-state index contributed by atoms with van der Waals surface area (Å²) in [4.78, 5) is 0. The van der Waals surface area contributed by atoms with Crippen molar-refractivity contribution in [3.05, 3.63) is 107 Å². The summed E-state index contributed by atoms with van der Waals surface area (Å²) in [6.45, 7) is 0. The number of hydrogen-bond acceptors (Lipinski definition) is 4. The van der Waals surface area contributed by atoms with E-state index < -0.39 is 0 Å². The zero-order valence-electron chi connectivity index (χ0n) is 18.7. The molecule has 4 nitrogen and oxygen atoms in total. The third-order valence-electron chi connectivity index (χ3n) is 6.04. The molecule has 4 aromatic rings. The fourth-order valence-electron chi connectivity index (χ4n) is 4.46. The van der Waals surface area contributed by atoms with E-state index in [2.05, 4.69) is 24.3 Å². The number of benzene rings is 4. The number of nitrogens with zero attached hydrogens (tertiary/aromatic N) is 2. The molecule has 162 valence electrons. The van der Waals surface area contributed by atoms with Crippen LogP contribution in [0.4, 0.5) is 0 Å². The molecule has 0 aromatic heterocycles. The van der Waals surface area contributed by atoms with Crippen LogP contribution in [0.5, 0.6) is 11.5 Å². The lowest BCUT2D eigenvalue weighted by atomic mass is 9.80. The molecule has 0 amide bonds. The number of fused-ring (bicyclic) bond motifs is 1. The topological polar surface area (TPSA) is 66.0 Å². The third kappa shape index (κ3) is 4.38. The van der Waals surface area contributed by atoms with Crippen molar-refractivity contribution in [2.75, 3.05) is 14.2 Å². The Kier molecular flexibility index (Phi) is 6.58. The first kappa shape index (κ1) is 21.9. The molecule has 1 unspecified atom stereocenters. The minimum absolute atomic E-state index is 0.0489. The fraction of sp³-hybridized carbons (Fsp3) is 0.172. The summed E-state index contributed by atoms with van der Waals surface area (Å²) in [5.74, 6) is 1.34. The molecule has 4 aromatic carbocycles. The zero-order chi connectivity index (χ0) is 23.2. The molecule has 4 heteroatoms. The van der Waals surface area contributed by atoms with E-state index >= 15 is 0 Å². The van der Waals surface area contributed by atoms with Crippen molar-refractivity contribution in [1.29, 1.82) is 10.5 Å². The Labute approximate surface area is 194 Å². The monoisotopic (exact) mass is 432 g/mol. The van der Waals surface area contributed by atoms with Crippen molar-refractivity contribution in [3.8, 4) is 23.6 Å². The molecule has 0 aliphatic heterocycles. The van der Waals surface area contributed by atoms with Gasteiger partial charge in [0.25, 0.3) is 0 Å². The molecule has 0 aliphatic rings. The first-order chi connectivity index (χ1) is 16.2. The van der Waals surface area contributed by atoms with Crippen molar-refractivity contribution in [2.45, 2.75) is 18.8 Å². The van der Waals surface area contributed by atoms with Crippen molar-refractivity contribution in [2.24, 2.45) is 0 Å². The van der Waals surface area contributed by atoms with Gasteiger partial charge in [-0.25, -0.2) is 0 Å². The largest absolute Gasteiger partial charge is 0.493 e. The molecule has 4 rings (SSSR count). The maximum atomic E-state index is 10.1. The maximum Gasteiger partial charge on any atom is 0.160 e. The van der Waals surface area contributed by atoms with Crippen molar-refractivity contribution in [1.82, 2.24) is 0 Å². The Hall–Kier alpha value is -4.28. The lowest BCUT2D eigenvalue weighted by molar-refractivity contribution is 0.354. The minimum atomic E-state index is -0.0489. The Morgan fingerprint density at radius 2 is 1.52 bits per heavy atom. The predicted octanol–water partition coefficient (Wildman–Crippen LogP) is 6.37. The Balaban J connectivity index is 1.84. The molecule has 33 heavy (non-hydrogen) atoms. The normalized spacial score (nSPS) is 11.4. The summed E-state index contributed by atoms with van der Waals surface area (Å²) in [6.07, 6.45) is 1.54. The number of hydrogen-bond donors (Lipinski definition) is 0. The molecule has 0 N–H and O–H groups in total. The molecular formula is C29H24N2O2. The number of rotatable bonds is 7. The van der Waals surface area contributed by atoms with E-state index in [-0.39, 0.29) is 5.92 Å². The van der Waals surface area contributed by atoms with Crippen LogP contribution in [0.3, 0.4) is 0 Å². The van der Waals surface area contributed by atoms with Gasteiger partial charge in [0.15, 0.2) is 11.5 Å². The van der Waals surface area contributed by atoms with Gasteiger partial charge in [-0.1, -0.05) is 60.7 Å².